The van der Waals surface area contributed by atoms with E-state index in [0.29, 0.717) is 31.4 Å². The Kier molecular flexibility index (Phi) is 9.41. The van der Waals surface area contributed by atoms with Gasteiger partial charge in [-0.1, -0.05) is 42.8 Å². The maximum Gasteiger partial charge on any atom is 0.404 e. The quantitative estimate of drug-likeness (QED) is 0.269. The fraction of sp³-hybridized carbons (Fsp3) is 0.459. The topological polar surface area (TPSA) is 113 Å². The number of aromatic nitrogens is 3. The van der Waals surface area contributed by atoms with Crippen molar-refractivity contribution in [2.75, 3.05) is 26.2 Å². The van der Waals surface area contributed by atoms with Crippen LogP contribution in [0.3, 0.4) is 0 Å². The fourth-order valence-corrected chi connectivity index (χ4v) is 8.00. The largest absolute Gasteiger partial charge is 0.465 e. The summed E-state index contributed by atoms with van der Waals surface area (Å²) >= 11 is 0. The van der Waals surface area contributed by atoms with Gasteiger partial charge < -0.3 is 15.3 Å². The van der Waals surface area contributed by atoms with Gasteiger partial charge in [0.1, 0.15) is 5.82 Å². The van der Waals surface area contributed by atoms with Crippen LogP contribution in [0.5, 0.6) is 0 Å². The second-order valence-electron chi connectivity index (χ2n) is 13.6. The van der Waals surface area contributed by atoms with Crippen LogP contribution >= 0.6 is 0 Å². The van der Waals surface area contributed by atoms with Crippen molar-refractivity contribution in [2.24, 2.45) is 0 Å². The summed E-state index contributed by atoms with van der Waals surface area (Å²) in [6.45, 7) is 5.67. The first-order valence-electron chi connectivity index (χ1n) is 17.3. The molecule has 3 fully saturated rings. The number of benzene rings is 2. The molecule has 2 aromatic carbocycles. The summed E-state index contributed by atoms with van der Waals surface area (Å²) in [7, 11) is 0. The number of nitrogens with one attached hydrogen (secondary N) is 1. The Hall–Kier alpha value is -4.35. The third-order valence-corrected chi connectivity index (χ3v) is 10.5. The molecule has 7 rings (SSSR count). The molecule has 1 saturated carbocycles. The highest BCUT2D eigenvalue weighted by atomic mass is 19.1. The molecule has 4 heterocycles. The van der Waals surface area contributed by atoms with Crippen LogP contribution in [-0.4, -0.2) is 73.4 Å². The molecule has 48 heavy (non-hydrogen) atoms. The average Bonchev–Trinajstić information content (AvgIpc) is 3.10. The van der Waals surface area contributed by atoms with E-state index in [-0.39, 0.29) is 17.1 Å². The maximum absolute atomic E-state index is 14.4. The van der Waals surface area contributed by atoms with Crippen molar-refractivity contribution in [2.45, 2.75) is 82.5 Å². The van der Waals surface area contributed by atoms with Crippen LogP contribution in [0.2, 0.25) is 0 Å². The van der Waals surface area contributed by atoms with Crippen LogP contribution in [0.4, 0.5) is 9.18 Å². The van der Waals surface area contributed by atoms with E-state index in [2.05, 4.69) is 44.4 Å². The Morgan fingerprint density at radius 3 is 2.29 bits per heavy atom. The minimum absolute atomic E-state index is 0.0232. The summed E-state index contributed by atoms with van der Waals surface area (Å²) in [6, 6.07) is 17.3. The van der Waals surface area contributed by atoms with Crippen LogP contribution in [0.15, 0.2) is 70.4 Å². The normalized spacial score (nSPS) is 21.4. The molecule has 2 N–H and O–H groups in total. The summed E-state index contributed by atoms with van der Waals surface area (Å²) in [5, 5.41) is 11.6. The molecule has 1 aliphatic carbocycles. The first-order valence-corrected chi connectivity index (χ1v) is 17.3. The molecule has 2 saturated heterocycles. The van der Waals surface area contributed by atoms with Gasteiger partial charge in [-0.15, -0.1) is 0 Å². The minimum Gasteiger partial charge on any atom is -0.465 e. The van der Waals surface area contributed by atoms with Crippen LogP contribution in [-0.2, 0) is 6.54 Å². The van der Waals surface area contributed by atoms with Gasteiger partial charge in [-0.2, -0.15) is 0 Å². The number of carboxylic acid groups (broad SMARTS) is 1. The third kappa shape index (κ3) is 6.79. The molecule has 2 aromatic heterocycles. The molecule has 2 aliphatic heterocycles. The first-order chi connectivity index (χ1) is 23.3. The number of likely N-dealkylation sites (tertiary alicyclic amines) is 2. The van der Waals surface area contributed by atoms with E-state index < -0.39 is 29.2 Å². The van der Waals surface area contributed by atoms with Crippen LogP contribution in [0.1, 0.15) is 69.4 Å². The van der Waals surface area contributed by atoms with E-state index in [4.69, 9.17) is 5.11 Å². The van der Waals surface area contributed by atoms with E-state index in [1.807, 2.05) is 18.2 Å². The zero-order valence-corrected chi connectivity index (χ0v) is 27.2. The lowest BCUT2D eigenvalue weighted by molar-refractivity contribution is 0.0896. The molecule has 252 valence electrons. The zero-order valence-electron chi connectivity index (χ0n) is 27.2. The van der Waals surface area contributed by atoms with Crippen LogP contribution < -0.4 is 16.6 Å². The van der Waals surface area contributed by atoms with Crippen molar-refractivity contribution in [3.05, 3.63) is 93.0 Å². The van der Waals surface area contributed by atoms with Gasteiger partial charge in [-0.25, -0.2) is 23.5 Å². The number of halogens is 1. The van der Waals surface area contributed by atoms with Gasteiger partial charge in [0.2, 0.25) is 0 Å². The fourth-order valence-electron chi connectivity index (χ4n) is 8.00. The molecule has 11 heteroatoms. The van der Waals surface area contributed by atoms with E-state index in [9.17, 15) is 18.8 Å². The Morgan fingerprint density at radius 2 is 1.58 bits per heavy atom. The van der Waals surface area contributed by atoms with Crippen molar-refractivity contribution < 1.29 is 14.3 Å². The van der Waals surface area contributed by atoms with Gasteiger partial charge in [-0.3, -0.25) is 14.3 Å². The lowest BCUT2D eigenvalue weighted by Crippen LogP contribution is -2.46. The van der Waals surface area contributed by atoms with E-state index in [1.165, 1.54) is 59.9 Å². The van der Waals surface area contributed by atoms with Gasteiger partial charge in [0.25, 0.3) is 5.56 Å². The van der Waals surface area contributed by atoms with Crippen molar-refractivity contribution >= 4 is 17.1 Å². The standard InChI is InChI=1S/C37H43FN6O4/c38-28-22-33-34(39-23-28)43(37(48)44(35(33)45)31-13-11-29(12-14-31)40-36(46)47)32-6-4-5-27(21-32)26-9-7-25(8-10-26)24-41-19-15-30(16-20-41)42-17-2-1-3-18-42/h4-10,21-23,29-31,40H,1-3,11-20,24H2,(H,46,47)/t29-,31+. The van der Waals surface area contributed by atoms with Gasteiger partial charge in [0, 0.05) is 24.7 Å². The first kappa shape index (κ1) is 32.2. The second kappa shape index (κ2) is 14.0. The Bertz CT molecular complexity index is 1890. The number of carbonyl (C=O) groups is 1. The zero-order chi connectivity index (χ0) is 33.2. The number of hydrogen-bond acceptors (Lipinski definition) is 6. The van der Waals surface area contributed by atoms with Gasteiger partial charge in [0.15, 0.2) is 5.65 Å². The predicted octanol–water partition coefficient (Wildman–Crippen LogP) is 5.56. The maximum atomic E-state index is 14.4. The minimum atomic E-state index is -1.09. The molecule has 0 spiro atoms. The van der Waals surface area contributed by atoms with Crippen molar-refractivity contribution in [1.29, 1.82) is 0 Å². The van der Waals surface area contributed by atoms with Crippen molar-refractivity contribution in [3.63, 3.8) is 0 Å². The number of fused-ring (bicyclic) bond motifs is 1. The predicted molar refractivity (Wildman–Crippen MR) is 183 cm³/mol. The van der Waals surface area contributed by atoms with Gasteiger partial charge in [0.05, 0.1) is 17.3 Å². The Balaban J connectivity index is 1.12. The SMILES string of the molecule is O=C(O)N[C@H]1CC[C@@H](n2c(=O)c3cc(F)cnc3n(-c3cccc(-c4ccc(CN5CCC(N6CCCCC6)CC5)cc4)c3)c2=O)CC1. The number of piperidine rings is 2. The monoisotopic (exact) mass is 654 g/mol. The van der Waals surface area contributed by atoms with Crippen molar-refractivity contribution in [3.8, 4) is 16.8 Å². The van der Waals surface area contributed by atoms with Crippen molar-refractivity contribution in [1.82, 2.24) is 29.2 Å². The summed E-state index contributed by atoms with van der Waals surface area (Å²) < 4.78 is 17.0. The average molecular weight is 655 g/mol. The molecule has 0 radical (unpaired) electrons. The van der Waals surface area contributed by atoms with E-state index in [0.717, 1.165) is 49.1 Å². The molecular weight excluding hydrogens is 611 g/mol. The number of hydrogen-bond donors (Lipinski definition) is 2. The van der Waals surface area contributed by atoms with Gasteiger partial charge >= 0.3 is 11.8 Å². The Morgan fingerprint density at radius 1 is 0.854 bits per heavy atom. The molecule has 0 unspecified atom stereocenters. The summed E-state index contributed by atoms with van der Waals surface area (Å²) in [5.74, 6) is -0.661. The molecule has 0 atom stereocenters. The van der Waals surface area contributed by atoms with Crippen LogP contribution in [0.25, 0.3) is 27.8 Å². The molecular formula is C37H43FN6O4. The lowest BCUT2D eigenvalue weighted by atomic mass is 9.91. The van der Waals surface area contributed by atoms with E-state index in [1.54, 1.807) is 6.07 Å². The number of pyridine rings is 1. The highest BCUT2D eigenvalue weighted by Crippen LogP contribution is 2.29. The van der Waals surface area contributed by atoms with Gasteiger partial charge in [-0.05, 0) is 112 Å². The van der Waals surface area contributed by atoms with Crippen LogP contribution in [0, 0.1) is 5.82 Å². The van der Waals surface area contributed by atoms with E-state index >= 15 is 0 Å². The third-order valence-electron chi connectivity index (χ3n) is 10.5. The number of nitrogens with zero attached hydrogens (tertiary/aromatic N) is 5. The second-order valence-corrected chi connectivity index (χ2v) is 13.6. The Labute approximate surface area is 278 Å². The highest BCUT2D eigenvalue weighted by molar-refractivity contribution is 5.76. The summed E-state index contributed by atoms with van der Waals surface area (Å²) in [4.78, 5) is 48.3. The molecule has 0 bridgehead atoms. The number of amides is 1. The smallest absolute Gasteiger partial charge is 0.404 e. The molecule has 4 aromatic rings. The summed E-state index contributed by atoms with van der Waals surface area (Å²) in [5.41, 5.74) is 2.66. The molecule has 10 nitrogen and oxygen atoms in total. The summed E-state index contributed by atoms with van der Waals surface area (Å²) in [6.07, 6.45) is 8.30. The highest BCUT2D eigenvalue weighted by Gasteiger charge is 2.28. The number of rotatable bonds is 7. The molecule has 3 aliphatic rings. The molecule has 1 amide bonds. The lowest BCUT2D eigenvalue weighted by Gasteiger charge is -2.40.